The number of fused-ring (bicyclic) bond motifs is 2. The van der Waals surface area contributed by atoms with Crippen molar-refractivity contribution >= 4 is 27.7 Å². The van der Waals surface area contributed by atoms with Crippen LogP contribution in [0.15, 0.2) is 63.8 Å². The molecule has 0 aliphatic rings. The molecule has 5 heteroatoms. The highest BCUT2D eigenvalue weighted by molar-refractivity contribution is 5.86. The highest BCUT2D eigenvalue weighted by Gasteiger charge is 2.16. The number of aryl methyl sites for hydroxylation is 2. The fraction of sp³-hybridized carbons (Fsp3) is 0.259. The van der Waals surface area contributed by atoms with Crippen molar-refractivity contribution in [1.29, 1.82) is 0 Å². The van der Waals surface area contributed by atoms with Gasteiger partial charge in [-0.3, -0.25) is 4.79 Å². The summed E-state index contributed by atoms with van der Waals surface area (Å²) in [5.74, 6) is 0.354. The molecule has 0 saturated heterocycles. The summed E-state index contributed by atoms with van der Waals surface area (Å²) in [5, 5.41) is 3.20. The summed E-state index contributed by atoms with van der Waals surface area (Å²) in [4.78, 5) is 24.3. The minimum Gasteiger partial charge on any atom is -0.488 e. The van der Waals surface area contributed by atoms with Gasteiger partial charge in [-0.15, -0.1) is 0 Å². The van der Waals surface area contributed by atoms with E-state index >= 15 is 0 Å². The Bertz CT molecular complexity index is 1350. The lowest BCUT2D eigenvalue weighted by Crippen LogP contribution is -2.14. The van der Waals surface area contributed by atoms with Gasteiger partial charge in [-0.25, -0.2) is 4.79 Å². The third kappa shape index (κ3) is 4.37. The van der Waals surface area contributed by atoms with Crippen LogP contribution in [0.5, 0.6) is 5.75 Å². The number of benzene rings is 3. The highest BCUT2D eigenvalue weighted by Crippen LogP contribution is 2.30. The van der Waals surface area contributed by atoms with E-state index in [0.717, 1.165) is 22.1 Å². The SMILES string of the molecule is CCOC(=O)CCc1c(C)c2ccc(OCc3ccc4ccccc4c3)c(C)c2oc1=O. The van der Waals surface area contributed by atoms with Gasteiger partial charge in [0.1, 0.15) is 17.9 Å². The Balaban J connectivity index is 1.58. The first-order valence-corrected chi connectivity index (χ1v) is 10.8. The maximum Gasteiger partial charge on any atom is 0.339 e. The highest BCUT2D eigenvalue weighted by atomic mass is 16.5. The molecule has 0 aliphatic carbocycles. The Labute approximate surface area is 186 Å². The Hall–Kier alpha value is -3.60. The molecule has 0 N–H and O–H groups in total. The van der Waals surface area contributed by atoms with Crippen LogP contribution in [0.4, 0.5) is 0 Å². The summed E-state index contributed by atoms with van der Waals surface area (Å²) in [6.07, 6.45) is 0.444. The quantitative estimate of drug-likeness (QED) is 0.280. The fourth-order valence-electron chi connectivity index (χ4n) is 3.97. The van der Waals surface area contributed by atoms with Crippen LogP contribution in [0.2, 0.25) is 0 Å². The molecule has 0 spiro atoms. The monoisotopic (exact) mass is 430 g/mol. The van der Waals surface area contributed by atoms with Crippen LogP contribution in [0.1, 0.15) is 35.6 Å². The van der Waals surface area contributed by atoms with Gasteiger partial charge in [0, 0.05) is 22.9 Å². The summed E-state index contributed by atoms with van der Waals surface area (Å²) < 4.78 is 16.7. The lowest BCUT2D eigenvalue weighted by atomic mass is 10.0. The molecular weight excluding hydrogens is 404 g/mol. The molecule has 5 nitrogen and oxygen atoms in total. The summed E-state index contributed by atoms with van der Waals surface area (Å²) in [5.41, 5.74) is 3.27. The summed E-state index contributed by atoms with van der Waals surface area (Å²) in [6.45, 7) is 6.27. The number of ether oxygens (including phenoxy) is 2. The first-order valence-electron chi connectivity index (χ1n) is 10.8. The predicted octanol–water partition coefficient (Wildman–Crippen LogP) is 5.64. The molecule has 0 fully saturated rings. The average molecular weight is 431 g/mol. The van der Waals surface area contributed by atoms with Crippen LogP contribution in [-0.2, 0) is 22.6 Å². The summed E-state index contributed by atoms with van der Waals surface area (Å²) >= 11 is 0. The van der Waals surface area contributed by atoms with Crippen LogP contribution in [0.25, 0.3) is 21.7 Å². The van der Waals surface area contributed by atoms with Gasteiger partial charge < -0.3 is 13.9 Å². The number of carbonyl (C=O) groups is 1. The van der Waals surface area contributed by atoms with Crippen molar-refractivity contribution in [2.45, 2.75) is 40.2 Å². The van der Waals surface area contributed by atoms with Gasteiger partial charge in [0.25, 0.3) is 0 Å². The topological polar surface area (TPSA) is 65.7 Å². The van der Waals surface area contributed by atoms with Crippen molar-refractivity contribution in [3.63, 3.8) is 0 Å². The Morgan fingerprint density at radius 3 is 2.53 bits per heavy atom. The number of esters is 1. The van der Waals surface area contributed by atoms with Crippen molar-refractivity contribution in [2.75, 3.05) is 6.61 Å². The van der Waals surface area contributed by atoms with Crippen molar-refractivity contribution in [3.05, 3.63) is 87.3 Å². The van der Waals surface area contributed by atoms with Crippen molar-refractivity contribution < 1.29 is 18.7 Å². The second-order valence-corrected chi connectivity index (χ2v) is 7.83. The van der Waals surface area contributed by atoms with E-state index in [2.05, 4.69) is 30.3 Å². The minimum absolute atomic E-state index is 0.150. The van der Waals surface area contributed by atoms with Crippen LogP contribution >= 0.6 is 0 Å². The van der Waals surface area contributed by atoms with Crippen molar-refractivity contribution in [1.82, 2.24) is 0 Å². The molecule has 164 valence electrons. The summed E-state index contributed by atoms with van der Waals surface area (Å²) in [6, 6.07) is 18.3. The van der Waals surface area contributed by atoms with E-state index in [9.17, 15) is 9.59 Å². The predicted molar refractivity (Wildman–Crippen MR) is 125 cm³/mol. The van der Waals surface area contributed by atoms with Crippen LogP contribution in [-0.4, -0.2) is 12.6 Å². The molecule has 4 aromatic rings. The van der Waals surface area contributed by atoms with Crippen LogP contribution < -0.4 is 10.4 Å². The van der Waals surface area contributed by atoms with E-state index in [0.29, 0.717) is 36.5 Å². The smallest absolute Gasteiger partial charge is 0.339 e. The molecule has 1 heterocycles. The standard InChI is InChI=1S/C27H26O5/c1-4-30-25(28)14-12-23-17(2)22-11-13-24(18(3)26(22)32-27(23)29)31-16-19-9-10-20-7-5-6-8-21(20)15-19/h5-11,13,15H,4,12,14,16H2,1-3H3. The van der Waals surface area contributed by atoms with E-state index in [-0.39, 0.29) is 12.4 Å². The third-order valence-electron chi connectivity index (χ3n) is 5.75. The van der Waals surface area contributed by atoms with Gasteiger partial charge in [-0.05, 0) is 67.3 Å². The molecule has 0 bridgehead atoms. The number of hydrogen-bond acceptors (Lipinski definition) is 5. The maximum absolute atomic E-state index is 12.6. The van der Waals surface area contributed by atoms with Crippen molar-refractivity contribution in [3.8, 4) is 5.75 Å². The molecule has 32 heavy (non-hydrogen) atoms. The minimum atomic E-state index is -0.422. The van der Waals surface area contributed by atoms with Gasteiger partial charge in [0.2, 0.25) is 0 Å². The normalized spacial score (nSPS) is 11.1. The van der Waals surface area contributed by atoms with Gasteiger partial charge >= 0.3 is 11.6 Å². The molecule has 0 unspecified atom stereocenters. The molecular formula is C27H26O5. The zero-order valence-electron chi connectivity index (χ0n) is 18.6. The second kappa shape index (κ2) is 9.27. The molecule has 0 amide bonds. The van der Waals surface area contributed by atoms with Crippen LogP contribution in [0, 0.1) is 13.8 Å². The molecule has 0 atom stereocenters. The number of carbonyl (C=O) groups excluding carboxylic acids is 1. The third-order valence-corrected chi connectivity index (χ3v) is 5.75. The summed E-state index contributed by atoms with van der Waals surface area (Å²) in [7, 11) is 0. The fourth-order valence-corrected chi connectivity index (χ4v) is 3.97. The first-order chi connectivity index (χ1) is 15.5. The molecule has 3 aromatic carbocycles. The molecule has 4 rings (SSSR count). The van der Waals surface area contributed by atoms with E-state index in [4.69, 9.17) is 13.9 Å². The Kier molecular flexibility index (Phi) is 6.26. The molecule has 0 radical (unpaired) electrons. The lowest BCUT2D eigenvalue weighted by Gasteiger charge is -2.13. The molecule has 1 aromatic heterocycles. The van der Waals surface area contributed by atoms with Gasteiger partial charge in [-0.1, -0.05) is 36.4 Å². The van der Waals surface area contributed by atoms with Crippen molar-refractivity contribution in [2.24, 2.45) is 0 Å². The zero-order valence-corrected chi connectivity index (χ0v) is 18.6. The van der Waals surface area contributed by atoms with Crippen LogP contribution in [0.3, 0.4) is 0 Å². The van der Waals surface area contributed by atoms with E-state index in [1.54, 1.807) is 6.92 Å². The molecule has 0 aliphatic heterocycles. The zero-order chi connectivity index (χ0) is 22.7. The Morgan fingerprint density at radius 2 is 1.75 bits per heavy atom. The second-order valence-electron chi connectivity index (χ2n) is 7.83. The number of hydrogen-bond donors (Lipinski definition) is 0. The number of rotatable bonds is 7. The maximum atomic E-state index is 12.6. The van der Waals surface area contributed by atoms with E-state index in [1.807, 2.05) is 38.1 Å². The van der Waals surface area contributed by atoms with Gasteiger partial charge in [-0.2, -0.15) is 0 Å². The van der Waals surface area contributed by atoms with E-state index in [1.165, 1.54) is 10.8 Å². The lowest BCUT2D eigenvalue weighted by molar-refractivity contribution is -0.143. The van der Waals surface area contributed by atoms with Gasteiger partial charge in [0.15, 0.2) is 0 Å². The first kappa shape index (κ1) is 21.6. The largest absolute Gasteiger partial charge is 0.488 e. The Morgan fingerprint density at radius 1 is 0.969 bits per heavy atom. The average Bonchev–Trinajstić information content (AvgIpc) is 2.79. The van der Waals surface area contributed by atoms with E-state index < -0.39 is 5.63 Å². The van der Waals surface area contributed by atoms with Gasteiger partial charge in [0.05, 0.1) is 6.61 Å². The molecule has 0 saturated carbocycles.